The summed E-state index contributed by atoms with van der Waals surface area (Å²) in [5.41, 5.74) is 2.82. The summed E-state index contributed by atoms with van der Waals surface area (Å²) in [5.74, 6) is 1.37. The van der Waals surface area contributed by atoms with Crippen LogP contribution in [0.2, 0.25) is 0 Å². The van der Waals surface area contributed by atoms with E-state index in [1.165, 1.54) is 5.56 Å². The highest BCUT2D eigenvalue weighted by atomic mass is 16.5. The molecule has 6 nitrogen and oxygen atoms in total. The molecule has 0 spiro atoms. The molecule has 30 heavy (non-hydrogen) atoms. The van der Waals surface area contributed by atoms with Crippen molar-refractivity contribution in [2.45, 2.75) is 12.6 Å². The van der Waals surface area contributed by atoms with Crippen LogP contribution in [-0.2, 0) is 6.54 Å². The Hall–Kier alpha value is -3.38. The second kappa shape index (κ2) is 9.41. The molecule has 6 heteroatoms. The van der Waals surface area contributed by atoms with Crippen LogP contribution in [0.1, 0.15) is 27.5 Å². The molecule has 1 fully saturated rings. The number of piperazine rings is 1. The Bertz CT molecular complexity index is 993. The number of nitrogens with zero attached hydrogens (tertiary/aromatic N) is 2. The van der Waals surface area contributed by atoms with Crippen LogP contribution in [0.25, 0.3) is 0 Å². The van der Waals surface area contributed by atoms with E-state index in [9.17, 15) is 4.79 Å². The fourth-order valence-corrected chi connectivity index (χ4v) is 3.74. The summed E-state index contributed by atoms with van der Waals surface area (Å²) < 4.78 is 5.26. The summed E-state index contributed by atoms with van der Waals surface area (Å²) in [6, 6.07) is 21.9. The fraction of sp³-hybridized carbons (Fsp3) is 0.250. The van der Waals surface area contributed by atoms with E-state index in [-0.39, 0.29) is 11.9 Å². The van der Waals surface area contributed by atoms with Gasteiger partial charge in [-0.2, -0.15) is 0 Å². The first-order chi connectivity index (χ1) is 14.7. The van der Waals surface area contributed by atoms with Crippen molar-refractivity contribution < 1.29 is 9.53 Å². The third-order valence-electron chi connectivity index (χ3n) is 5.30. The number of ether oxygens (including phenoxy) is 1. The average Bonchev–Trinajstić information content (AvgIpc) is 2.83. The van der Waals surface area contributed by atoms with Crippen LogP contribution < -0.4 is 20.3 Å². The second-order valence-corrected chi connectivity index (χ2v) is 7.27. The molecule has 1 aliphatic rings. The SMILES string of the molecule is COc1cccc(CNC(=O)c2cccnc2N2CCNC(c3ccccc3)C2)c1. The minimum Gasteiger partial charge on any atom is -0.497 e. The molecule has 0 aliphatic carbocycles. The van der Waals surface area contributed by atoms with Crippen molar-refractivity contribution >= 4 is 11.7 Å². The smallest absolute Gasteiger partial charge is 0.255 e. The molecule has 1 aromatic heterocycles. The van der Waals surface area contributed by atoms with Gasteiger partial charge in [-0.3, -0.25) is 4.79 Å². The topological polar surface area (TPSA) is 66.5 Å². The predicted octanol–water partition coefficient (Wildman–Crippen LogP) is 3.17. The maximum atomic E-state index is 13.0. The van der Waals surface area contributed by atoms with E-state index in [1.54, 1.807) is 19.4 Å². The Balaban J connectivity index is 1.48. The van der Waals surface area contributed by atoms with E-state index >= 15 is 0 Å². The van der Waals surface area contributed by atoms with Crippen molar-refractivity contribution in [3.63, 3.8) is 0 Å². The first kappa shape index (κ1) is 19.9. The third-order valence-corrected chi connectivity index (χ3v) is 5.30. The van der Waals surface area contributed by atoms with Crippen LogP contribution >= 0.6 is 0 Å². The summed E-state index contributed by atoms with van der Waals surface area (Å²) in [6.45, 7) is 2.83. The lowest BCUT2D eigenvalue weighted by Crippen LogP contribution is -2.46. The summed E-state index contributed by atoms with van der Waals surface area (Å²) in [6.07, 6.45) is 1.74. The second-order valence-electron chi connectivity index (χ2n) is 7.27. The van der Waals surface area contributed by atoms with Crippen LogP contribution in [0, 0.1) is 0 Å². The van der Waals surface area contributed by atoms with Crippen molar-refractivity contribution in [2.24, 2.45) is 0 Å². The molecule has 154 valence electrons. The molecule has 0 radical (unpaired) electrons. The maximum Gasteiger partial charge on any atom is 0.255 e. The van der Waals surface area contributed by atoms with Gasteiger partial charge >= 0.3 is 0 Å². The number of anilines is 1. The van der Waals surface area contributed by atoms with Gasteiger partial charge in [0.25, 0.3) is 5.91 Å². The number of aromatic nitrogens is 1. The van der Waals surface area contributed by atoms with E-state index in [0.29, 0.717) is 12.1 Å². The zero-order chi connectivity index (χ0) is 20.8. The highest BCUT2D eigenvalue weighted by Crippen LogP contribution is 2.24. The van der Waals surface area contributed by atoms with Gasteiger partial charge in [0.05, 0.1) is 12.7 Å². The summed E-state index contributed by atoms with van der Waals surface area (Å²) >= 11 is 0. The maximum absolute atomic E-state index is 13.0. The standard InChI is InChI=1S/C24H26N4O2/c1-30-20-10-5-7-18(15-20)16-27-24(29)21-11-6-12-26-23(21)28-14-13-25-22(17-28)19-8-3-2-4-9-19/h2-12,15,22,25H,13-14,16-17H2,1H3,(H,27,29). The summed E-state index contributed by atoms with van der Waals surface area (Å²) in [7, 11) is 1.63. The number of methoxy groups -OCH3 is 1. The Kier molecular flexibility index (Phi) is 6.25. The van der Waals surface area contributed by atoms with Gasteiger partial charge in [-0.15, -0.1) is 0 Å². The van der Waals surface area contributed by atoms with E-state index < -0.39 is 0 Å². The van der Waals surface area contributed by atoms with Gasteiger partial charge in [-0.1, -0.05) is 42.5 Å². The molecular formula is C24H26N4O2. The van der Waals surface area contributed by atoms with Crippen molar-refractivity contribution in [3.8, 4) is 5.75 Å². The number of pyridine rings is 1. The molecule has 2 aromatic carbocycles. The van der Waals surface area contributed by atoms with Gasteiger partial charge in [0.15, 0.2) is 0 Å². The van der Waals surface area contributed by atoms with Crippen molar-refractivity contribution in [1.82, 2.24) is 15.6 Å². The first-order valence-corrected chi connectivity index (χ1v) is 10.1. The Labute approximate surface area is 176 Å². The number of nitrogens with one attached hydrogen (secondary N) is 2. The number of hydrogen-bond donors (Lipinski definition) is 2. The average molecular weight is 402 g/mol. The lowest BCUT2D eigenvalue weighted by Gasteiger charge is -2.35. The van der Waals surface area contributed by atoms with Crippen LogP contribution in [0.5, 0.6) is 5.75 Å². The molecular weight excluding hydrogens is 376 g/mol. The van der Waals surface area contributed by atoms with Crippen LogP contribution in [-0.4, -0.2) is 37.6 Å². The van der Waals surface area contributed by atoms with E-state index in [1.807, 2.05) is 48.5 Å². The largest absolute Gasteiger partial charge is 0.497 e. The quantitative estimate of drug-likeness (QED) is 0.663. The van der Waals surface area contributed by atoms with Crippen LogP contribution in [0.3, 0.4) is 0 Å². The monoisotopic (exact) mass is 402 g/mol. The number of carbonyl (C=O) groups is 1. The molecule has 3 aromatic rings. The molecule has 1 atom stereocenters. The number of hydrogen-bond acceptors (Lipinski definition) is 5. The Morgan fingerprint density at radius 1 is 1.17 bits per heavy atom. The molecule has 1 aliphatic heterocycles. The lowest BCUT2D eigenvalue weighted by atomic mass is 10.0. The van der Waals surface area contributed by atoms with Crippen molar-refractivity contribution in [2.75, 3.05) is 31.6 Å². The van der Waals surface area contributed by atoms with E-state index in [0.717, 1.165) is 36.8 Å². The number of amides is 1. The molecule has 1 amide bonds. The summed E-state index contributed by atoms with van der Waals surface area (Å²) in [4.78, 5) is 19.7. The van der Waals surface area contributed by atoms with Gasteiger partial charge in [0.1, 0.15) is 11.6 Å². The minimum atomic E-state index is -0.129. The van der Waals surface area contributed by atoms with E-state index in [2.05, 4.69) is 32.7 Å². The molecule has 2 N–H and O–H groups in total. The Morgan fingerprint density at radius 2 is 2.03 bits per heavy atom. The molecule has 1 unspecified atom stereocenters. The highest BCUT2D eigenvalue weighted by molar-refractivity contribution is 5.98. The van der Waals surface area contributed by atoms with Gasteiger partial charge in [0, 0.05) is 38.4 Å². The predicted molar refractivity (Wildman–Crippen MR) is 118 cm³/mol. The van der Waals surface area contributed by atoms with Crippen molar-refractivity contribution in [3.05, 3.63) is 89.6 Å². The van der Waals surface area contributed by atoms with E-state index in [4.69, 9.17) is 4.74 Å². The van der Waals surface area contributed by atoms with Crippen LogP contribution in [0.15, 0.2) is 72.9 Å². The van der Waals surface area contributed by atoms with Gasteiger partial charge < -0.3 is 20.3 Å². The highest BCUT2D eigenvalue weighted by Gasteiger charge is 2.25. The zero-order valence-electron chi connectivity index (χ0n) is 17.0. The molecule has 2 heterocycles. The zero-order valence-corrected chi connectivity index (χ0v) is 17.0. The van der Waals surface area contributed by atoms with Gasteiger partial charge in [-0.05, 0) is 35.4 Å². The van der Waals surface area contributed by atoms with Gasteiger partial charge in [0.2, 0.25) is 0 Å². The fourth-order valence-electron chi connectivity index (χ4n) is 3.74. The summed E-state index contributed by atoms with van der Waals surface area (Å²) in [5, 5.41) is 6.57. The molecule has 0 bridgehead atoms. The van der Waals surface area contributed by atoms with Crippen molar-refractivity contribution in [1.29, 1.82) is 0 Å². The number of carbonyl (C=O) groups excluding carboxylic acids is 1. The number of rotatable bonds is 6. The molecule has 4 rings (SSSR count). The first-order valence-electron chi connectivity index (χ1n) is 10.1. The third kappa shape index (κ3) is 4.60. The lowest BCUT2D eigenvalue weighted by molar-refractivity contribution is 0.0951. The molecule has 1 saturated heterocycles. The van der Waals surface area contributed by atoms with Gasteiger partial charge in [-0.25, -0.2) is 4.98 Å². The molecule has 0 saturated carbocycles. The van der Waals surface area contributed by atoms with Crippen LogP contribution in [0.4, 0.5) is 5.82 Å². The number of benzene rings is 2. The normalized spacial score (nSPS) is 16.2. The minimum absolute atomic E-state index is 0.129. The Morgan fingerprint density at radius 3 is 2.87 bits per heavy atom.